The molecule has 0 aromatic heterocycles. The average Bonchev–Trinajstić information content (AvgIpc) is 2.30. The van der Waals surface area contributed by atoms with E-state index in [9.17, 15) is 14.9 Å². The molecule has 0 radical (unpaired) electrons. The van der Waals surface area contributed by atoms with Gasteiger partial charge in [-0.1, -0.05) is 11.6 Å². The zero-order valence-corrected chi connectivity index (χ0v) is 11.3. The third kappa shape index (κ3) is 4.10. The molecule has 1 N–H and O–H groups in total. The maximum absolute atomic E-state index is 10.9. The van der Waals surface area contributed by atoms with Crippen LogP contribution in [0.2, 0.25) is 5.02 Å². The molecule has 0 saturated carbocycles. The first kappa shape index (κ1) is 15.2. The summed E-state index contributed by atoms with van der Waals surface area (Å²) in [5.41, 5.74) is -1.18. The summed E-state index contributed by atoms with van der Waals surface area (Å²) in [6, 6.07) is 4.07. The number of nitrogens with zero attached hydrogens (tertiary/aromatic N) is 1. The summed E-state index contributed by atoms with van der Waals surface area (Å²) < 4.78 is 5.28. The fourth-order valence-corrected chi connectivity index (χ4v) is 1.44. The van der Waals surface area contributed by atoms with Crippen LogP contribution in [0.5, 0.6) is 5.75 Å². The highest BCUT2D eigenvalue weighted by Gasteiger charge is 2.27. The summed E-state index contributed by atoms with van der Waals surface area (Å²) in [6.45, 7) is 3.20. The minimum atomic E-state index is -0.943. The van der Waals surface area contributed by atoms with Crippen molar-refractivity contribution < 1.29 is 19.6 Å². The first-order valence-corrected chi connectivity index (χ1v) is 5.92. The van der Waals surface area contributed by atoms with Gasteiger partial charge in [-0.05, 0) is 32.4 Å². The molecule has 0 heterocycles. The van der Waals surface area contributed by atoms with Crippen LogP contribution in [-0.2, 0) is 4.79 Å². The van der Waals surface area contributed by atoms with Crippen molar-refractivity contribution in [1.29, 1.82) is 0 Å². The second-order valence-corrected chi connectivity index (χ2v) is 5.09. The molecule has 6 nitrogen and oxygen atoms in total. The number of nitro benzene ring substituents is 1. The number of hydrogen-bond acceptors (Lipinski definition) is 4. The lowest BCUT2D eigenvalue weighted by Crippen LogP contribution is -2.25. The monoisotopic (exact) mass is 287 g/mol. The van der Waals surface area contributed by atoms with Crippen molar-refractivity contribution in [2.24, 2.45) is 5.41 Å². The molecule has 0 aliphatic heterocycles. The summed E-state index contributed by atoms with van der Waals surface area (Å²) >= 11 is 5.67. The number of rotatable bonds is 6. The highest BCUT2D eigenvalue weighted by atomic mass is 35.5. The molecule has 0 saturated heterocycles. The second kappa shape index (κ2) is 5.88. The van der Waals surface area contributed by atoms with Crippen LogP contribution < -0.4 is 4.74 Å². The predicted molar refractivity (Wildman–Crippen MR) is 69.6 cm³/mol. The van der Waals surface area contributed by atoms with E-state index in [2.05, 4.69) is 0 Å². The fourth-order valence-electron chi connectivity index (χ4n) is 1.28. The third-order valence-corrected chi connectivity index (χ3v) is 2.92. The molecule has 0 amide bonds. The Morgan fingerprint density at radius 3 is 2.68 bits per heavy atom. The number of nitro groups is 1. The molecule has 1 aromatic carbocycles. The Morgan fingerprint density at radius 2 is 2.16 bits per heavy atom. The summed E-state index contributed by atoms with van der Waals surface area (Å²) in [4.78, 5) is 21.1. The number of hydrogen-bond donors (Lipinski definition) is 1. The molecule has 104 valence electrons. The Morgan fingerprint density at radius 1 is 1.53 bits per heavy atom. The Balaban J connectivity index is 2.74. The third-order valence-electron chi connectivity index (χ3n) is 2.68. The number of carbonyl (C=O) groups is 1. The van der Waals surface area contributed by atoms with E-state index in [1.54, 1.807) is 13.8 Å². The molecule has 1 rings (SSSR count). The molecule has 0 atom stereocenters. The minimum absolute atomic E-state index is 0.0712. The molecule has 0 aliphatic carbocycles. The lowest BCUT2D eigenvalue weighted by Gasteiger charge is -2.18. The van der Waals surface area contributed by atoms with Crippen molar-refractivity contribution in [1.82, 2.24) is 0 Å². The first-order chi connectivity index (χ1) is 8.74. The van der Waals surface area contributed by atoms with Crippen LogP contribution in [0.1, 0.15) is 20.3 Å². The molecule has 0 spiro atoms. The van der Waals surface area contributed by atoms with Crippen molar-refractivity contribution in [2.75, 3.05) is 6.61 Å². The summed E-state index contributed by atoms with van der Waals surface area (Å²) in [5, 5.41) is 20.0. The van der Waals surface area contributed by atoms with Gasteiger partial charge >= 0.3 is 11.7 Å². The molecule has 0 aliphatic rings. The lowest BCUT2D eigenvalue weighted by molar-refractivity contribution is -0.385. The van der Waals surface area contributed by atoms with E-state index in [4.69, 9.17) is 21.4 Å². The van der Waals surface area contributed by atoms with E-state index in [-0.39, 0.29) is 29.5 Å². The van der Waals surface area contributed by atoms with Gasteiger partial charge in [0, 0.05) is 11.1 Å². The maximum Gasteiger partial charge on any atom is 0.312 e. The summed E-state index contributed by atoms with van der Waals surface area (Å²) in [6.07, 6.45) is 0.238. The van der Waals surface area contributed by atoms with Crippen molar-refractivity contribution in [2.45, 2.75) is 20.3 Å². The van der Waals surface area contributed by atoms with Gasteiger partial charge in [-0.15, -0.1) is 0 Å². The molecule has 0 bridgehead atoms. The largest absolute Gasteiger partial charge is 0.487 e. The normalized spacial score (nSPS) is 11.1. The molecule has 0 fully saturated rings. The number of carboxylic acid groups (broad SMARTS) is 1. The zero-order chi connectivity index (χ0) is 14.6. The van der Waals surface area contributed by atoms with Crippen LogP contribution >= 0.6 is 11.6 Å². The van der Waals surface area contributed by atoms with E-state index < -0.39 is 16.3 Å². The van der Waals surface area contributed by atoms with Gasteiger partial charge in [-0.2, -0.15) is 0 Å². The Hall–Kier alpha value is -1.82. The highest BCUT2D eigenvalue weighted by molar-refractivity contribution is 6.30. The SMILES string of the molecule is CC(C)(CCOc1ccc(Cl)cc1[N+](=O)[O-])C(=O)O. The van der Waals surface area contributed by atoms with Crippen molar-refractivity contribution in [3.05, 3.63) is 33.3 Å². The fraction of sp³-hybridized carbons (Fsp3) is 0.417. The van der Waals surface area contributed by atoms with E-state index in [1.165, 1.54) is 18.2 Å². The van der Waals surface area contributed by atoms with Crippen LogP contribution in [0, 0.1) is 15.5 Å². The van der Waals surface area contributed by atoms with Gasteiger partial charge in [0.1, 0.15) is 0 Å². The number of carboxylic acids is 1. The smallest absolute Gasteiger partial charge is 0.312 e. The molecule has 1 aromatic rings. The van der Waals surface area contributed by atoms with Gasteiger partial charge in [0.2, 0.25) is 0 Å². The first-order valence-electron chi connectivity index (χ1n) is 5.54. The van der Waals surface area contributed by atoms with Crippen LogP contribution in [0.3, 0.4) is 0 Å². The molecule has 19 heavy (non-hydrogen) atoms. The van der Waals surface area contributed by atoms with Gasteiger partial charge in [-0.3, -0.25) is 14.9 Å². The van der Waals surface area contributed by atoms with Crippen LogP contribution in [0.15, 0.2) is 18.2 Å². The van der Waals surface area contributed by atoms with E-state index in [1.807, 2.05) is 0 Å². The highest BCUT2D eigenvalue weighted by Crippen LogP contribution is 2.30. The summed E-state index contributed by atoms with van der Waals surface area (Å²) in [5.74, 6) is -0.864. The molecular formula is C12H14ClNO5. The van der Waals surface area contributed by atoms with Gasteiger partial charge in [-0.25, -0.2) is 0 Å². The van der Waals surface area contributed by atoms with E-state index in [0.717, 1.165) is 0 Å². The topological polar surface area (TPSA) is 89.7 Å². The number of halogens is 1. The van der Waals surface area contributed by atoms with Crippen molar-refractivity contribution >= 4 is 23.3 Å². The molecular weight excluding hydrogens is 274 g/mol. The quantitative estimate of drug-likeness (QED) is 0.641. The maximum atomic E-state index is 10.9. The number of benzene rings is 1. The van der Waals surface area contributed by atoms with Crippen molar-refractivity contribution in [3.63, 3.8) is 0 Å². The zero-order valence-electron chi connectivity index (χ0n) is 10.6. The standard InChI is InChI=1S/C12H14ClNO5/c1-12(2,11(15)16)5-6-19-10-4-3-8(13)7-9(10)14(17)18/h3-4,7H,5-6H2,1-2H3,(H,15,16). The van der Waals surface area contributed by atoms with E-state index in [0.29, 0.717) is 0 Å². The number of aliphatic carboxylic acids is 1. The van der Waals surface area contributed by atoms with Crippen LogP contribution in [0.25, 0.3) is 0 Å². The Bertz CT molecular complexity index is 501. The van der Waals surface area contributed by atoms with Gasteiger partial charge < -0.3 is 9.84 Å². The van der Waals surface area contributed by atoms with Gasteiger partial charge in [0.05, 0.1) is 16.9 Å². The lowest BCUT2D eigenvalue weighted by atomic mass is 9.90. The van der Waals surface area contributed by atoms with Crippen LogP contribution in [-0.4, -0.2) is 22.6 Å². The number of ether oxygens (including phenoxy) is 1. The molecule has 7 heteroatoms. The molecule has 0 unspecified atom stereocenters. The van der Waals surface area contributed by atoms with Crippen molar-refractivity contribution in [3.8, 4) is 5.75 Å². The van der Waals surface area contributed by atoms with Gasteiger partial charge in [0.25, 0.3) is 0 Å². The average molecular weight is 288 g/mol. The van der Waals surface area contributed by atoms with Crippen LogP contribution in [0.4, 0.5) is 5.69 Å². The Labute approximate surface area is 115 Å². The summed E-state index contributed by atoms with van der Waals surface area (Å²) in [7, 11) is 0. The van der Waals surface area contributed by atoms with Gasteiger partial charge in [0.15, 0.2) is 5.75 Å². The van der Waals surface area contributed by atoms with E-state index >= 15 is 0 Å². The minimum Gasteiger partial charge on any atom is -0.487 e. The predicted octanol–water partition coefficient (Wildman–Crippen LogP) is 3.13. The Kier molecular flexibility index (Phi) is 4.72. The second-order valence-electron chi connectivity index (χ2n) is 4.66.